The molecule has 15 heavy (non-hydrogen) atoms. The van der Waals surface area contributed by atoms with Crippen LogP contribution in [-0.4, -0.2) is 28.7 Å². The van der Waals surface area contributed by atoms with Gasteiger partial charge in [0.15, 0.2) is 0 Å². The van der Waals surface area contributed by atoms with Gasteiger partial charge in [-0.15, -0.1) is 0 Å². The van der Waals surface area contributed by atoms with E-state index in [1.54, 1.807) is 0 Å². The Kier molecular flexibility index (Phi) is 2.03. The van der Waals surface area contributed by atoms with Gasteiger partial charge in [-0.05, 0) is 40.5 Å². The second-order valence-corrected chi connectivity index (χ2v) is 6.01. The van der Waals surface area contributed by atoms with Gasteiger partial charge in [0.2, 0.25) is 0 Å². The normalized spacial score (nSPS) is 41.8. The summed E-state index contributed by atoms with van der Waals surface area (Å²) in [4.78, 5) is 2.04. The summed E-state index contributed by atoms with van der Waals surface area (Å²) >= 11 is 0. The molecule has 2 rings (SSSR count). The van der Waals surface area contributed by atoms with E-state index in [0.29, 0.717) is 6.42 Å². The van der Waals surface area contributed by atoms with Crippen molar-refractivity contribution in [3.05, 3.63) is 0 Å². The maximum Gasteiger partial charge on any atom is 0.396 e. The van der Waals surface area contributed by atoms with E-state index >= 15 is 0 Å². The van der Waals surface area contributed by atoms with Crippen molar-refractivity contribution in [2.45, 2.75) is 64.3 Å². The second-order valence-electron chi connectivity index (χ2n) is 6.01. The molecule has 0 amide bonds. The fraction of sp³-hybridized carbons (Fsp3) is 1.00. The van der Waals surface area contributed by atoms with E-state index in [-0.39, 0.29) is 24.0 Å². The molecule has 0 aromatic heterocycles. The number of halogens is 3. The first-order chi connectivity index (χ1) is 6.59. The lowest BCUT2D eigenvalue weighted by Crippen LogP contribution is -2.45. The molecule has 0 bridgehead atoms. The van der Waals surface area contributed by atoms with Crippen LogP contribution in [0.2, 0.25) is 0 Å². The van der Waals surface area contributed by atoms with Crippen molar-refractivity contribution < 1.29 is 13.2 Å². The zero-order valence-corrected chi connectivity index (χ0v) is 9.65. The molecular formula is C11H18F3N. The van der Waals surface area contributed by atoms with Gasteiger partial charge in [-0.1, -0.05) is 0 Å². The molecule has 2 aliphatic rings. The Morgan fingerprint density at radius 1 is 1.13 bits per heavy atom. The molecular weight excluding hydrogens is 203 g/mol. The molecule has 1 heterocycles. The lowest BCUT2D eigenvalue weighted by atomic mass is 9.99. The highest BCUT2D eigenvalue weighted by atomic mass is 19.4. The number of likely N-dealkylation sites (tertiary alicyclic amines) is 1. The van der Waals surface area contributed by atoms with Crippen molar-refractivity contribution in [3.8, 4) is 0 Å². The van der Waals surface area contributed by atoms with Gasteiger partial charge in [0, 0.05) is 17.6 Å². The number of rotatable bonds is 0. The number of hydrogen-bond acceptors (Lipinski definition) is 1. The average molecular weight is 221 g/mol. The Hall–Kier alpha value is -0.250. The van der Waals surface area contributed by atoms with E-state index in [0.717, 1.165) is 0 Å². The van der Waals surface area contributed by atoms with Crippen LogP contribution in [-0.2, 0) is 0 Å². The summed E-state index contributed by atoms with van der Waals surface area (Å²) in [6.45, 7) is 7.89. The van der Waals surface area contributed by atoms with Crippen molar-refractivity contribution in [1.82, 2.24) is 4.90 Å². The number of fused-ring (bicyclic) bond motifs is 1. The monoisotopic (exact) mass is 221 g/mol. The first-order valence-electron chi connectivity index (χ1n) is 5.45. The fourth-order valence-electron chi connectivity index (χ4n) is 3.35. The van der Waals surface area contributed by atoms with Crippen LogP contribution in [0.3, 0.4) is 0 Å². The Bertz CT molecular complexity index is 279. The number of nitrogens with zero attached hydrogens (tertiary/aromatic N) is 1. The molecule has 3 atom stereocenters. The average Bonchev–Trinajstić information content (AvgIpc) is 2.53. The van der Waals surface area contributed by atoms with Crippen molar-refractivity contribution in [3.63, 3.8) is 0 Å². The largest absolute Gasteiger partial charge is 0.396 e. The van der Waals surface area contributed by atoms with Crippen LogP contribution in [0.1, 0.15) is 40.5 Å². The summed E-state index contributed by atoms with van der Waals surface area (Å²) < 4.78 is 38.7. The van der Waals surface area contributed by atoms with Crippen LogP contribution in [0.25, 0.3) is 0 Å². The Morgan fingerprint density at radius 2 is 1.67 bits per heavy atom. The zero-order chi connectivity index (χ0) is 11.6. The van der Waals surface area contributed by atoms with Gasteiger partial charge in [0.25, 0.3) is 0 Å². The van der Waals surface area contributed by atoms with Crippen molar-refractivity contribution >= 4 is 0 Å². The summed E-state index contributed by atoms with van der Waals surface area (Å²) in [7, 11) is 0. The summed E-state index contributed by atoms with van der Waals surface area (Å²) in [5.41, 5.74) is -1.53. The minimum absolute atomic E-state index is 0.0466. The molecule has 88 valence electrons. The maximum absolute atomic E-state index is 12.9. The quantitative estimate of drug-likeness (QED) is 0.607. The summed E-state index contributed by atoms with van der Waals surface area (Å²) in [6, 6.07) is -0.224. The smallest absolute Gasteiger partial charge is 0.292 e. The predicted octanol–water partition coefficient (Wildman–Crippen LogP) is 3.20. The number of hydrogen-bond donors (Lipinski definition) is 0. The van der Waals surface area contributed by atoms with E-state index in [9.17, 15) is 13.2 Å². The molecule has 4 heteroatoms. The van der Waals surface area contributed by atoms with E-state index in [4.69, 9.17) is 0 Å². The van der Waals surface area contributed by atoms with Gasteiger partial charge in [0.1, 0.15) is 0 Å². The lowest BCUT2D eigenvalue weighted by Gasteiger charge is -2.37. The van der Waals surface area contributed by atoms with Crippen LogP contribution in [0.4, 0.5) is 13.2 Å². The molecule has 1 saturated heterocycles. The molecule has 0 radical (unpaired) electrons. The van der Waals surface area contributed by atoms with Crippen LogP contribution in [0.5, 0.6) is 0 Å². The van der Waals surface area contributed by atoms with Crippen LogP contribution < -0.4 is 0 Å². The molecule has 0 aromatic carbocycles. The fourth-order valence-corrected chi connectivity index (χ4v) is 3.35. The Balaban J connectivity index is 2.24. The predicted molar refractivity (Wildman–Crippen MR) is 52.6 cm³/mol. The zero-order valence-electron chi connectivity index (χ0n) is 9.65. The van der Waals surface area contributed by atoms with Crippen molar-refractivity contribution in [2.75, 3.05) is 0 Å². The molecule has 1 aliphatic heterocycles. The Morgan fingerprint density at radius 3 is 1.93 bits per heavy atom. The standard InChI is InChI=1S/C11H18F3N/c1-7-5-10(11(12,13)14)6-8(10)15(7)9(2,3)4/h7-8H,5-6H2,1-4H3/t7-,8?,10-/m1/s1. The molecule has 0 aromatic rings. The van der Waals surface area contributed by atoms with Gasteiger partial charge in [0.05, 0.1) is 5.41 Å². The van der Waals surface area contributed by atoms with Crippen molar-refractivity contribution in [1.29, 1.82) is 0 Å². The highest BCUT2D eigenvalue weighted by molar-refractivity contribution is 5.21. The second kappa shape index (κ2) is 2.70. The highest BCUT2D eigenvalue weighted by Gasteiger charge is 2.77. The van der Waals surface area contributed by atoms with Crippen molar-refractivity contribution in [2.24, 2.45) is 5.41 Å². The maximum atomic E-state index is 12.9. The summed E-state index contributed by atoms with van der Waals surface area (Å²) in [6.07, 6.45) is -3.44. The molecule has 1 saturated carbocycles. The van der Waals surface area contributed by atoms with Gasteiger partial charge < -0.3 is 0 Å². The highest BCUT2D eigenvalue weighted by Crippen LogP contribution is 2.68. The van der Waals surface area contributed by atoms with E-state index < -0.39 is 11.6 Å². The van der Waals surface area contributed by atoms with E-state index in [1.165, 1.54) is 0 Å². The minimum Gasteiger partial charge on any atom is -0.292 e. The first-order valence-corrected chi connectivity index (χ1v) is 5.45. The van der Waals surface area contributed by atoms with Crippen LogP contribution in [0, 0.1) is 5.41 Å². The van der Waals surface area contributed by atoms with Gasteiger partial charge >= 0.3 is 6.18 Å². The van der Waals surface area contributed by atoms with Gasteiger partial charge in [-0.25, -0.2) is 0 Å². The first kappa shape index (κ1) is 11.2. The SMILES string of the molecule is C[C@@H]1C[C@@]2(C(F)(F)F)CC2N1C(C)(C)C. The molecule has 1 aliphatic carbocycles. The molecule has 1 nitrogen and oxygen atoms in total. The van der Waals surface area contributed by atoms with E-state index in [1.807, 2.05) is 32.6 Å². The van der Waals surface area contributed by atoms with E-state index in [2.05, 4.69) is 0 Å². The third kappa shape index (κ3) is 1.41. The van der Waals surface area contributed by atoms with Gasteiger partial charge in [-0.3, -0.25) is 4.90 Å². The third-order valence-corrected chi connectivity index (χ3v) is 3.84. The summed E-state index contributed by atoms with van der Waals surface area (Å²) in [5.74, 6) is 0. The van der Waals surface area contributed by atoms with Crippen LogP contribution >= 0.6 is 0 Å². The van der Waals surface area contributed by atoms with Gasteiger partial charge in [-0.2, -0.15) is 13.2 Å². The number of piperidine rings is 1. The molecule has 0 N–H and O–H groups in total. The third-order valence-electron chi connectivity index (χ3n) is 3.84. The Labute approximate surface area is 88.6 Å². The lowest BCUT2D eigenvalue weighted by molar-refractivity contribution is -0.187. The minimum atomic E-state index is -4.02. The summed E-state index contributed by atoms with van der Waals surface area (Å²) in [5, 5.41) is 0. The topological polar surface area (TPSA) is 3.24 Å². The molecule has 1 unspecified atom stereocenters. The number of alkyl halides is 3. The molecule has 0 spiro atoms. The van der Waals surface area contributed by atoms with Crippen LogP contribution in [0.15, 0.2) is 0 Å². The molecule has 2 fully saturated rings.